The molecule has 1 aliphatic rings. The molecule has 1 heterocycles. The molecule has 0 saturated carbocycles. The molecule has 1 aromatic carbocycles. The molecule has 0 spiro atoms. The predicted octanol–water partition coefficient (Wildman–Crippen LogP) is 2.12. The molecule has 2 rings (SSSR count). The van der Waals surface area contributed by atoms with Gasteiger partial charge in [0.05, 0.1) is 4.92 Å². The molecule has 6 nitrogen and oxygen atoms in total. The van der Waals surface area contributed by atoms with Crippen molar-refractivity contribution < 1.29 is 9.72 Å². The van der Waals surface area contributed by atoms with Gasteiger partial charge in [-0.15, -0.1) is 0 Å². The fourth-order valence-electron chi connectivity index (χ4n) is 2.84. The van der Waals surface area contributed by atoms with E-state index in [4.69, 9.17) is 0 Å². The van der Waals surface area contributed by atoms with Crippen molar-refractivity contribution in [2.45, 2.75) is 32.7 Å². The van der Waals surface area contributed by atoms with Crippen LogP contribution in [0.4, 0.5) is 5.69 Å². The quantitative estimate of drug-likeness (QED) is 0.681. The topological polar surface area (TPSA) is 75.5 Å². The second-order valence-corrected chi connectivity index (χ2v) is 5.39. The number of nitrogens with one attached hydrogen (secondary N) is 1. The number of amides is 1. The zero-order chi connectivity index (χ0) is 15.4. The van der Waals surface area contributed by atoms with Crippen LogP contribution in [0.15, 0.2) is 18.2 Å². The van der Waals surface area contributed by atoms with E-state index in [0.717, 1.165) is 31.5 Å². The maximum Gasteiger partial charge on any atom is 0.270 e. The number of aryl methyl sites for hydroxylation is 1. The molecular formula is C15H21N3O3. The maximum absolute atomic E-state index is 12.7. The summed E-state index contributed by atoms with van der Waals surface area (Å²) in [7, 11) is 0. The van der Waals surface area contributed by atoms with Crippen LogP contribution in [0.3, 0.4) is 0 Å². The molecular weight excluding hydrogens is 270 g/mol. The highest BCUT2D eigenvalue weighted by molar-refractivity contribution is 5.95. The third kappa shape index (κ3) is 3.58. The van der Waals surface area contributed by atoms with Crippen LogP contribution in [-0.2, 0) is 0 Å². The summed E-state index contributed by atoms with van der Waals surface area (Å²) in [6, 6.07) is 4.79. The van der Waals surface area contributed by atoms with Gasteiger partial charge in [0.2, 0.25) is 0 Å². The summed E-state index contributed by atoms with van der Waals surface area (Å²) >= 11 is 0. The van der Waals surface area contributed by atoms with E-state index < -0.39 is 4.92 Å². The Balaban J connectivity index is 2.26. The van der Waals surface area contributed by atoms with Gasteiger partial charge in [-0.25, -0.2) is 0 Å². The second kappa shape index (κ2) is 6.67. The molecule has 1 fully saturated rings. The first-order chi connectivity index (χ1) is 10.0. The molecule has 0 radical (unpaired) electrons. The summed E-state index contributed by atoms with van der Waals surface area (Å²) in [6.07, 6.45) is 1.85. The third-order valence-corrected chi connectivity index (χ3v) is 3.87. The molecule has 0 aliphatic carbocycles. The van der Waals surface area contributed by atoms with E-state index in [9.17, 15) is 14.9 Å². The van der Waals surface area contributed by atoms with E-state index in [1.165, 1.54) is 12.1 Å². The van der Waals surface area contributed by atoms with Gasteiger partial charge >= 0.3 is 0 Å². The lowest BCUT2D eigenvalue weighted by Crippen LogP contribution is -2.46. The molecule has 0 unspecified atom stereocenters. The number of carbonyl (C=O) groups excluding carboxylic acids is 1. The molecule has 0 aromatic heterocycles. The minimum atomic E-state index is -0.454. The van der Waals surface area contributed by atoms with Gasteiger partial charge in [-0.3, -0.25) is 14.9 Å². The minimum absolute atomic E-state index is 0.0280. The lowest BCUT2D eigenvalue weighted by molar-refractivity contribution is -0.384. The molecule has 1 amide bonds. The fraction of sp³-hybridized carbons (Fsp3) is 0.533. The Morgan fingerprint density at radius 1 is 1.38 bits per heavy atom. The summed E-state index contributed by atoms with van der Waals surface area (Å²) in [5, 5.41) is 14.2. The van der Waals surface area contributed by atoms with Gasteiger partial charge in [0, 0.05) is 30.3 Å². The summed E-state index contributed by atoms with van der Waals surface area (Å²) < 4.78 is 0. The molecule has 114 valence electrons. The van der Waals surface area contributed by atoms with Crippen LogP contribution in [0, 0.1) is 17.0 Å². The summed E-state index contributed by atoms with van der Waals surface area (Å²) in [4.78, 5) is 25.0. The maximum atomic E-state index is 12.7. The van der Waals surface area contributed by atoms with E-state index in [2.05, 4.69) is 5.32 Å². The van der Waals surface area contributed by atoms with Crippen molar-refractivity contribution in [3.05, 3.63) is 39.4 Å². The number of rotatable bonds is 4. The van der Waals surface area contributed by atoms with Crippen molar-refractivity contribution in [3.63, 3.8) is 0 Å². The summed E-state index contributed by atoms with van der Waals surface area (Å²) in [5.74, 6) is -0.115. The fourth-order valence-corrected chi connectivity index (χ4v) is 2.84. The van der Waals surface area contributed by atoms with Crippen molar-refractivity contribution in [1.82, 2.24) is 10.2 Å². The Morgan fingerprint density at radius 2 is 2.05 bits per heavy atom. The van der Waals surface area contributed by atoms with Gasteiger partial charge < -0.3 is 10.2 Å². The van der Waals surface area contributed by atoms with E-state index in [1.807, 2.05) is 11.8 Å². The summed E-state index contributed by atoms with van der Waals surface area (Å²) in [6.45, 7) is 6.14. The third-order valence-electron chi connectivity index (χ3n) is 3.87. The van der Waals surface area contributed by atoms with E-state index >= 15 is 0 Å². The van der Waals surface area contributed by atoms with E-state index in [-0.39, 0.29) is 17.6 Å². The molecule has 0 atom stereocenters. The Morgan fingerprint density at radius 3 is 2.62 bits per heavy atom. The van der Waals surface area contributed by atoms with Crippen molar-refractivity contribution in [2.24, 2.45) is 0 Å². The monoisotopic (exact) mass is 291 g/mol. The SMILES string of the molecule is CCN(C(=O)c1cc(C)cc([N+](=O)[O-])c1)C1CCNCC1. The van der Waals surface area contributed by atoms with Gasteiger partial charge in [0.15, 0.2) is 0 Å². The Hall–Kier alpha value is -1.95. The smallest absolute Gasteiger partial charge is 0.270 e. The highest BCUT2D eigenvalue weighted by atomic mass is 16.6. The highest BCUT2D eigenvalue weighted by Gasteiger charge is 2.26. The Labute approximate surface area is 124 Å². The zero-order valence-corrected chi connectivity index (χ0v) is 12.5. The number of piperidine rings is 1. The highest BCUT2D eigenvalue weighted by Crippen LogP contribution is 2.21. The first-order valence-corrected chi connectivity index (χ1v) is 7.30. The number of nitrogens with zero attached hydrogens (tertiary/aromatic N) is 2. The molecule has 1 aromatic rings. The van der Waals surface area contributed by atoms with Gasteiger partial charge in [-0.05, 0) is 51.4 Å². The van der Waals surface area contributed by atoms with E-state index in [1.54, 1.807) is 13.0 Å². The molecule has 0 bridgehead atoms. The standard InChI is InChI=1S/C15H21N3O3/c1-3-17(13-4-6-16-7-5-13)15(19)12-8-11(2)9-14(10-12)18(20)21/h8-10,13,16H,3-7H2,1-2H3. The molecule has 21 heavy (non-hydrogen) atoms. The Kier molecular flexibility index (Phi) is 4.90. The minimum Gasteiger partial charge on any atom is -0.336 e. The predicted molar refractivity (Wildman–Crippen MR) is 80.4 cm³/mol. The number of benzene rings is 1. The van der Waals surface area contributed by atoms with Crippen molar-refractivity contribution in [2.75, 3.05) is 19.6 Å². The van der Waals surface area contributed by atoms with Crippen molar-refractivity contribution in [3.8, 4) is 0 Å². The average Bonchev–Trinajstić information content (AvgIpc) is 2.48. The number of hydrogen-bond donors (Lipinski definition) is 1. The number of non-ortho nitro benzene ring substituents is 1. The normalized spacial score (nSPS) is 15.7. The second-order valence-electron chi connectivity index (χ2n) is 5.39. The number of nitro benzene ring substituents is 1. The lowest BCUT2D eigenvalue weighted by Gasteiger charge is -2.34. The van der Waals surface area contributed by atoms with Crippen LogP contribution >= 0.6 is 0 Å². The first kappa shape index (κ1) is 15.4. The zero-order valence-electron chi connectivity index (χ0n) is 12.5. The average molecular weight is 291 g/mol. The van der Waals surface area contributed by atoms with Crippen molar-refractivity contribution >= 4 is 11.6 Å². The molecule has 1 N–H and O–H groups in total. The number of nitro groups is 1. The van der Waals surface area contributed by atoms with Gasteiger partial charge in [-0.2, -0.15) is 0 Å². The van der Waals surface area contributed by atoms with Crippen LogP contribution in [0.2, 0.25) is 0 Å². The van der Waals surface area contributed by atoms with Crippen molar-refractivity contribution in [1.29, 1.82) is 0 Å². The van der Waals surface area contributed by atoms with Gasteiger partial charge in [0.1, 0.15) is 0 Å². The van der Waals surface area contributed by atoms with Gasteiger partial charge in [0.25, 0.3) is 11.6 Å². The lowest BCUT2D eigenvalue weighted by atomic mass is 10.0. The number of carbonyl (C=O) groups is 1. The van der Waals surface area contributed by atoms with Crippen LogP contribution in [0.25, 0.3) is 0 Å². The van der Waals surface area contributed by atoms with E-state index in [0.29, 0.717) is 12.1 Å². The Bertz CT molecular complexity index is 539. The van der Waals surface area contributed by atoms with Gasteiger partial charge in [-0.1, -0.05) is 0 Å². The van der Waals surface area contributed by atoms with Crippen LogP contribution in [0.1, 0.15) is 35.7 Å². The van der Waals surface area contributed by atoms with Crippen LogP contribution in [0.5, 0.6) is 0 Å². The van der Waals surface area contributed by atoms with Crippen LogP contribution in [-0.4, -0.2) is 41.4 Å². The molecule has 1 aliphatic heterocycles. The van der Waals surface area contributed by atoms with Crippen LogP contribution < -0.4 is 5.32 Å². The molecule has 1 saturated heterocycles. The molecule has 6 heteroatoms. The largest absolute Gasteiger partial charge is 0.336 e. The first-order valence-electron chi connectivity index (χ1n) is 7.30. The number of hydrogen-bond acceptors (Lipinski definition) is 4. The summed E-state index contributed by atoms with van der Waals surface area (Å²) in [5.41, 5.74) is 1.11.